The molecule has 5 nitrogen and oxygen atoms in total. The maximum Gasteiger partial charge on any atom is 2.00 e. The van der Waals surface area contributed by atoms with Crippen molar-refractivity contribution >= 4 is 43.6 Å². The van der Waals surface area contributed by atoms with Crippen LogP contribution in [-0.2, 0) is 26.5 Å². The van der Waals surface area contributed by atoms with Gasteiger partial charge in [0, 0.05) is 49.0 Å². The molecule has 0 aliphatic rings. The molecule has 5 aromatic carbocycles. The third kappa shape index (κ3) is 6.76. The molecule has 9 aromatic rings. The van der Waals surface area contributed by atoms with Crippen LogP contribution in [0.2, 0.25) is 0 Å². The number of fused-ring (bicyclic) bond motifs is 6. The van der Waals surface area contributed by atoms with Crippen LogP contribution in [0.15, 0.2) is 122 Å². The number of para-hydroxylation sites is 3. The fraction of sp³-hybridized carbons (Fsp3) is 0.216. The molecule has 0 saturated carbocycles. The summed E-state index contributed by atoms with van der Waals surface area (Å²) in [5, 5.41) is 4.21. The third-order valence-corrected chi connectivity index (χ3v) is 10.8. The van der Waals surface area contributed by atoms with E-state index in [1.807, 2.05) is 76.5 Å². The average Bonchev–Trinajstić information content (AvgIpc) is 3.69. The molecule has 6 heteroatoms. The van der Waals surface area contributed by atoms with Crippen LogP contribution in [0.5, 0.6) is 11.5 Å². The second kappa shape index (κ2) is 14.8. The Morgan fingerprint density at radius 3 is 2.00 bits per heavy atom. The number of nitrogens with zero attached hydrogens (tertiary/aromatic N) is 4. The summed E-state index contributed by atoms with van der Waals surface area (Å²) in [5.41, 5.74) is 10.4. The number of rotatable bonds is 7. The monoisotopic (exact) mass is 927 g/mol. The van der Waals surface area contributed by atoms with Gasteiger partial charge in [-0.15, -0.1) is 34.7 Å². The summed E-state index contributed by atoms with van der Waals surface area (Å²) in [7, 11) is 0. The molecule has 4 aromatic heterocycles. The number of benzene rings is 5. The van der Waals surface area contributed by atoms with Crippen LogP contribution in [0.4, 0.5) is 0 Å². The Hall–Kier alpha value is -5.51. The summed E-state index contributed by atoms with van der Waals surface area (Å²) in [6.07, 6.45) is 3.71. The molecule has 0 saturated heterocycles. The molecule has 0 atom stereocenters. The zero-order valence-electron chi connectivity index (χ0n) is 35.6. The number of aromatic nitrogens is 4. The first-order valence-electron chi connectivity index (χ1n) is 20.2. The van der Waals surface area contributed by atoms with Crippen molar-refractivity contribution in [3.05, 3.63) is 156 Å². The minimum absolute atomic E-state index is 0. The Labute approximate surface area is 352 Å². The van der Waals surface area contributed by atoms with Gasteiger partial charge in [0.2, 0.25) is 0 Å². The van der Waals surface area contributed by atoms with Gasteiger partial charge in [0.05, 0.1) is 16.7 Å². The van der Waals surface area contributed by atoms with E-state index >= 15 is 0 Å². The van der Waals surface area contributed by atoms with Gasteiger partial charge in [-0.05, 0) is 63.2 Å². The fourth-order valence-electron chi connectivity index (χ4n) is 8.06. The van der Waals surface area contributed by atoms with Gasteiger partial charge in [-0.2, -0.15) is 6.07 Å². The Morgan fingerprint density at radius 2 is 1.32 bits per heavy atom. The van der Waals surface area contributed by atoms with Crippen molar-refractivity contribution in [2.45, 2.75) is 72.6 Å². The molecule has 0 N–H and O–H groups in total. The van der Waals surface area contributed by atoms with Gasteiger partial charge in [-0.3, -0.25) is 0 Å². The molecule has 0 spiro atoms. The van der Waals surface area contributed by atoms with E-state index in [1.165, 1.54) is 5.56 Å². The molecule has 0 unspecified atom stereocenters. The van der Waals surface area contributed by atoms with Gasteiger partial charge in [0.25, 0.3) is 0 Å². The second-order valence-corrected chi connectivity index (χ2v) is 16.3. The summed E-state index contributed by atoms with van der Waals surface area (Å²) in [6, 6.07) is 44.3. The summed E-state index contributed by atoms with van der Waals surface area (Å²) in [6.45, 7) is 16.4. The van der Waals surface area contributed by atoms with Crippen LogP contribution in [0.25, 0.3) is 66.4 Å². The molecule has 57 heavy (non-hydrogen) atoms. The molecule has 0 fully saturated rings. The largest absolute Gasteiger partial charge is 2.00 e. The number of ether oxygens (including phenoxy) is 1. The van der Waals surface area contributed by atoms with Crippen molar-refractivity contribution in [3.8, 4) is 34.3 Å². The van der Waals surface area contributed by atoms with Gasteiger partial charge in [-0.25, -0.2) is 4.98 Å². The molecule has 0 radical (unpaired) electrons. The van der Waals surface area contributed by atoms with Crippen LogP contribution in [0.3, 0.4) is 0 Å². The van der Waals surface area contributed by atoms with E-state index in [0.717, 1.165) is 77.2 Å². The zero-order valence-corrected chi connectivity index (χ0v) is 35.8. The number of pyridine rings is 2. The van der Waals surface area contributed by atoms with E-state index in [0.29, 0.717) is 17.3 Å². The number of aryl methyl sites for hydroxylation is 1. The fourth-order valence-corrected chi connectivity index (χ4v) is 8.06. The first kappa shape index (κ1) is 35.9. The van der Waals surface area contributed by atoms with E-state index in [-0.39, 0.29) is 26.5 Å². The Kier molecular flexibility index (Phi) is 9.30. The van der Waals surface area contributed by atoms with Crippen molar-refractivity contribution in [1.29, 1.82) is 0 Å². The number of hydrogen-bond donors (Lipinski definition) is 0. The molecule has 0 bridgehead atoms. The van der Waals surface area contributed by atoms with E-state index < -0.39 is 11.8 Å². The summed E-state index contributed by atoms with van der Waals surface area (Å²) in [5.74, 6) is 0.108. The van der Waals surface area contributed by atoms with Crippen molar-refractivity contribution in [2.75, 3.05) is 0 Å². The van der Waals surface area contributed by atoms with Crippen molar-refractivity contribution in [3.63, 3.8) is 0 Å². The first-order valence-corrected chi connectivity index (χ1v) is 19.2. The quantitative estimate of drug-likeness (QED) is 0.150. The molecule has 0 amide bonds. The van der Waals surface area contributed by atoms with Gasteiger partial charge in [-0.1, -0.05) is 134 Å². The van der Waals surface area contributed by atoms with Crippen LogP contribution >= 0.6 is 0 Å². The molecule has 286 valence electrons. The predicted octanol–water partition coefficient (Wildman–Crippen LogP) is 13.6. The minimum atomic E-state index is -0.876. The molecule has 9 rings (SSSR count). The maximum atomic E-state index is 9.21. The first-order chi connectivity index (χ1) is 27.6. The Morgan fingerprint density at radius 1 is 0.649 bits per heavy atom. The van der Waals surface area contributed by atoms with Gasteiger partial charge >= 0.3 is 21.1 Å². The van der Waals surface area contributed by atoms with E-state index in [1.54, 1.807) is 0 Å². The van der Waals surface area contributed by atoms with Crippen molar-refractivity contribution < 1.29 is 28.5 Å². The van der Waals surface area contributed by atoms with Gasteiger partial charge in [0.15, 0.2) is 0 Å². The summed E-state index contributed by atoms with van der Waals surface area (Å²) >= 11 is 0. The zero-order chi connectivity index (χ0) is 40.7. The molecule has 0 aliphatic heterocycles. The summed E-state index contributed by atoms with van der Waals surface area (Å²) in [4.78, 5) is 9.68. The van der Waals surface area contributed by atoms with Crippen molar-refractivity contribution in [1.82, 2.24) is 19.1 Å². The third-order valence-electron chi connectivity index (χ3n) is 10.8. The predicted molar refractivity (Wildman–Crippen MR) is 232 cm³/mol. The van der Waals surface area contributed by atoms with Gasteiger partial charge in [0.1, 0.15) is 5.82 Å². The standard InChI is InChI=1S/C51H46N4O.Pt/c1-31(2)39-14-11-16-43-44-17-12-15-40(32(3)4)50(44)54(49(39)43)36-22-24-53-48(29-36)55-46-18-10-9-13-41(46)42-20-19-37(30-47(42)55)56-38-26-33(5)25-34(27-38)45-28-35(21-23-52-45)51(6,7)8;/h9-26,28-29,31-32H,1-8H3;/q-2;+2/i31D,32D;. The van der Waals surface area contributed by atoms with Crippen molar-refractivity contribution in [2.24, 2.45) is 0 Å². The van der Waals surface area contributed by atoms with Crippen LogP contribution in [0, 0.1) is 19.1 Å². The maximum absolute atomic E-state index is 9.21. The smallest absolute Gasteiger partial charge is 0.503 e. The average molecular weight is 928 g/mol. The molecular weight excluding hydrogens is 880 g/mol. The SMILES string of the molecule is [2H]C(C)(C)c1cccc2c3cccc(C([2H])(C)C)c3n(-c3ccnc(-n4c5[c-]c(Oc6[c-]c(-c7cc(C(C)(C)C)ccn7)cc(C)c6)ccc5c5ccccc54)c3)c12.[Pt+2]. The molecule has 0 aliphatic carbocycles. The van der Waals surface area contributed by atoms with E-state index in [2.05, 4.69) is 127 Å². The number of hydrogen-bond acceptors (Lipinski definition) is 3. The summed E-state index contributed by atoms with van der Waals surface area (Å²) < 4.78 is 29.4. The van der Waals surface area contributed by atoms with E-state index in [4.69, 9.17) is 9.72 Å². The minimum Gasteiger partial charge on any atom is -0.503 e. The normalized spacial score (nSPS) is 12.9. The Bertz CT molecular complexity index is 3000. The molecular formula is C51H46N4OPt. The van der Waals surface area contributed by atoms with Gasteiger partial charge < -0.3 is 18.9 Å². The van der Waals surface area contributed by atoms with Crippen LogP contribution < -0.4 is 4.74 Å². The Balaban J connectivity index is 0.00000484. The second-order valence-electron chi connectivity index (χ2n) is 16.3. The topological polar surface area (TPSA) is 44.9 Å². The van der Waals surface area contributed by atoms with Crippen LogP contribution in [-0.4, -0.2) is 19.1 Å². The van der Waals surface area contributed by atoms with E-state index in [9.17, 15) is 2.74 Å². The molecule has 4 heterocycles. The van der Waals surface area contributed by atoms with Crippen LogP contribution in [0.1, 0.15) is 85.2 Å².